The second-order valence-electron chi connectivity index (χ2n) is 8.29. The Hall–Kier alpha value is -2.10. The molecule has 0 saturated carbocycles. The van der Waals surface area contributed by atoms with Crippen molar-refractivity contribution < 1.29 is 57.6 Å². The predicted molar refractivity (Wildman–Crippen MR) is 150 cm³/mol. The van der Waals surface area contributed by atoms with Crippen molar-refractivity contribution in [1.82, 2.24) is 15.7 Å². The molecule has 40 heavy (non-hydrogen) atoms. The fourth-order valence-corrected chi connectivity index (χ4v) is 2.60. The quantitative estimate of drug-likeness (QED) is 0.0167. The van der Waals surface area contributed by atoms with Crippen LogP contribution in [0.4, 0.5) is 0 Å². The van der Waals surface area contributed by atoms with Gasteiger partial charge < -0.3 is 47.3 Å². The van der Waals surface area contributed by atoms with Gasteiger partial charge in [-0.1, -0.05) is 12.5 Å². The smallest absolute Gasteiger partial charge is 0.243 e. The molecule has 1 atom stereocenters. The van der Waals surface area contributed by atoms with Gasteiger partial charge in [0.05, 0.1) is 6.61 Å². The van der Waals surface area contributed by atoms with Gasteiger partial charge in [0.1, 0.15) is 6.23 Å². The molecule has 0 aromatic carbocycles. The Balaban J connectivity index is -0.000000255. The van der Waals surface area contributed by atoms with Gasteiger partial charge in [-0.15, -0.1) is 10.3 Å². The minimum atomic E-state index is -0.840. The normalized spacial score (nSPS) is 11.5. The number of carbonyl (C=O) groups is 2. The monoisotopic (exact) mass is 620 g/mol. The van der Waals surface area contributed by atoms with Crippen LogP contribution in [0.5, 0.6) is 0 Å². The van der Waals surface area contributed by atoms with E-state index in [-0.39, 0.29) is 42.1 Å². The van der Waals surface area contributed by atoms with Crippen LogP contribution in [0.3, 0.4) is 0 Å². The molecule has 14 nitrogen and oxygen atoms in total. The molecule has 0 aliphatic rings. The van der Waals surface area contributed by atoms with E-state index in [0.29, 0.717) is 38.9 Å². The predicted octanol–water partition coefficient (Wildman–Crippen LogP) is 0.929. The summed E-state index contributed by atoms with van der Waals surface area (Å²) in [6.45, 7) is 3.77. The summed E-state index contributed by atoms with van der Waals surface area (Å²) in [5.74, 6) is -0.235. The first kappa shape index (κ1) is 44.9. The number of nitrogens with one attached hydrogen (secondary N) is 2. The van der Waals surface area contributed by atoms with Crippen LogP contribution in [0, 0.1) is 0 Å². The van der Waals surface area contributed by atoms with Gasteiger partial charge in [0.15, 0.2) is 0 Å². The van der Waals surface area contributed by atoms with Gasteiger partial charge in [0, 0.05) is 68.2 Å². The summed E-state index contributed by atoms with van der Waals surface area (Å²) in [7, 11) is 0. The SMILES string of the molecule is C[C@H](O)N(O)CCCCCNC(=O)CCCO.NCCCC/C=N/O.O=C(/C=C/CO)NCCCC/C=N/O.[Fe]. The van der Waals surface area contributed by atoms with Crippen molar-refractivity contribution in [3.8, 4) is 0 Å². The van der Waals surface area contributed by atoms with Crippen molar-refractivity contribution in [2.75, 3.05) is 39.4 Å². The van der Waals surface area contributed by atoms with E-state index < -0.39 is 6.23 Å². The molecule has 0 heterocycles. The molecular formula is C25H52FeN6O8. The van der Waals surface area contributed by atoms with Crippen LogP contribution in [0.15, 0.2) is 22.5 Å². The molecule has 0 radical (unpaired) electrons. The number of nitrogens with zero attached hydrogens (tertiary/aromatic N) is 3. The van der Waals surface area contributed by atoms with E-state index in [0.717, 1.165) is 63.0 Å². The molecule has 0 aromatic rings. The summed E-state index contributed by atoms with van der Waals surface area (Å²) in [5.41, 5.74) is 5.20. The third-order valence-electron chi connectivity index (χ3n) is 4.76. The number of oxime groups is 2. The minimum absolute atomic E-state index is 0. The Bertz CT molecular complexity index is 628. The number of hydrogen-bond donors (Lipinski definition) is 9. The van der Waals surface area contributed by atoms with Crippen molar-refractivity contribution in [3.63, 3.8) is 0 Å². The second-order valence-corrected chi connectivity index (χ2v) is 8.29. The maximum atomic E-state index is 11.1. The number of nitrogens with two attached hydrogens (primary N) is 1. The van der Waals surface area contributed by atoms with Crippen LogP contribution in [0.25, 0.3) is 0 Å². The summed E-state index contributed by atoms with van der Waals surface area (Å²) in [6, 6.07) is 0. The van der Waals surface area contributed by atoms with Gasteiger partial charge in [-0.05, 0) is 71.3 Å². The van der Waals surface area contributed by atoms with Gasteiger partial charge >= 0.3 is 0 Å². The van der Waals surface area contributed by atoms with E-state index in [2.05, 4.69) is 20.9 Å². The fourth-order valence-electron chi connectivity index (χ4n) is 2.60. The van der Waals surface area contributed by atoms with Gasteiger partial charge in [-0.25, -0.2) is 0 Å². The van der Waals surface area contributed by atoms with Gasteiger partial charge in [0.2, 0.25) is 11.8 Å². The van der Waals surface area contributed by atoms with Gasteiger partial charge in [0.25, 0.3) is 0 Å². The first-order valence-electron chi connectivity index (χ1n) is 13.4. The van der Waals surface area contributed by atoms with Gasteiger partial charge in [-0.2, -0.15) is 5.06 Å². The summed E-state index contributed by atoms with van der Waals surface area (Å²) in [4.78, 5) is 22.0. The molecular weight excluding hydrogens is 568 g/mol. The molecule has 0 bridgehead atoms. The molecule has 2 amide bonds. The Morgan fingerprint density at radius 2 is 1.48 bits per heavy atom. The Morgan fingerprint density at radius 3 is 2.00 bits per heavy atom. The molecule has 0 aromatic heterocycles. The van der Waals surface area contributed by atoms with Crippen LogP contribution in [0.1, 0.15) is 77.6 Å². The summed E-state index contributed by atoms with van der Waals surface area (Å²) >= 11 is 0. The maximum Gasteiger partial charge on any atom is 0.243 e. The van der Waals surface area contributed by atoms with Crippen LogP contribution in [-0.4, -0.2) is 106 Å². The first-order valence-corrected chi connectivity index (χ1v) is 13.4. The first-order chi connectivity index (χ1) is 18.8. The number of carbonyl (C=O) groups excluding carboxylic acids is 2. The number of hydrogen-bond acceptors (Lipinski definition) is 12. The number of hydroxylamine groups is 2. The zero-order valence-corrected chi connectivity index (χ0v) is 24.8. The molecule has 0 rings (SSSR count). The molecule has 10 N–H and O–H groups in total. The van der Waals surface area contributed by atoms with E-state index in [1.807, 2.05) is 0 Å². The minimum Gasteiger partial charge on any atom is -0.411 e. The van der Waals surface area contributed by atoms with Crippen LogP contribution in [-0.2, 0) is 26.7 Å². The second kappa shape index (κ2) is 39.0. The number of rotatable bonds is 21. The van der Waals surface area contributed by atoms with E-state index in [1.54, 1.807) is 0 Å². The summed E-state index contributed by atoms with van der Waals surface area (Å²) in [6.07, 6.45) is 13.4. The zero-order valence-electron chi connectivity index (χ0n) is 23.7. The number of unbranched alkanes of at least 4 members (excludes halogenated alkanes) is 6. The number of aliphatic hydroxyl groups is 3. The number of amides is 2. The molecule has 0 spiro atoms. The Labute approximate surface area is 248 Å². The van der Waals surface area contributed by atoms with Crippen LogP contribution >= 0.6 is 0 Å². The number of aliphatic hydroxyl groups excluding tert-OH is 3. The largest absolute Gasteiger partial charge is 0.411 e. The van der Waals surface area contributed by atoms with Crippen molar-refractivity contribution in [2.24, 2.45) is 16.0 Å². The Morgan fingerprint density at radius 1 is 0.900 bits per heavy atom. The van der Waals surface area contributed by atoms with E-state index in [4.69, 9.17) is 36.7 Å². The molecule has 0 unspecified atom stereocenters. The van der Waals surface area contributed by atoms with Crippen LogP contribution < -0.4 is 16.4 Å². The average molecular weight is 621 g/mol. The Kier molecular flexibility index (Phi) is 43.8. The molecule has 0 saturated heterocycles. The molecule has 0 aliphatic carbocycles. The third-order valence-corrected chi connectivity index (χ3v) is 4.76. The maximum absolute atomic E-state index is 11.1. The summed E-state index contributed by atoms with van der Waals surface area (Å²) < 4.78 is 0. The van der Waals surface area contributed by atoms with E-state index in [9.17, 15) is 9.59 Å². The molecule has 0 fully saturated rings. The topological polar surface area (TPSA) is 234 Å². The van der Waals surface area contributed by atoms with E-state index in [1.165, 1.54) is 31.5 Å². The molecule has 238 valence electrons. The molecule has 0 aliphatic heterocycles. The molecule has 15 heteroatoms. The van der Waals surface area contributed by atoms with Crippen molar-refractivity contribution in [2.45, 2.75) is 83.8 Å². The van der Waals surface area contributed by atoms with Crippen molar-refractivity contribution in [3.05, 3.63) is 12.2 Å². The van der Waals surface area contributed by atoms with Gasteiger partial charge in [-0.3, -0.25) is 9.59 Å². The summed E-state index contributed by atoms with van der Waals surface area (Å²) in [5, 5.41) is 63.0. The van der Waals surface area contributed by atoms with E-state index >= 15 is 0 Å². The van der Waals surface area contributed by atoms with Crippen molar-refractivity contribution >= 4 is 24.2 Å². The van der Waals surface area contributed by atoms with Crippen molar-refractivity contribution in [1.29, 1.82) is 0 Å². The zero-order chi connectivity index (χ0) is 30.0. The fraction of sp³-hybridized carbons (Fsp3) is 0.760. The third kappa shape index (κ3) is 43.0. The van der Waals surface area contributed by atoms with Crippen LogP contribution in [0.2, 0.25) is 0 Å². The average Bonchev–Trinajstić information content (AvgIpc) is 2.93. The standard InChI is InChI=1S/C11H24N2O4.C9H16N2O3.C5H12N2O.Fe/c1-10(15)13(17)8-4-2-3-7-12-11(16)6-5-9-14;12-8-4-5-9(13)10-6-2-1-3-7-11-14;6-4-2-1-3-5-7-8;/h10,14-15,17H,2-9H2,1H3,(H,12,16);4-5,7,12,14H,1-3,6,8H2,(H,10,13);5,8H,1-4,6H2;/b;5-4+,11-7+;7-5+;/t10-;;;/m0.../s1.